The minimum atomic E-state index is -0.731. The van der Waals surface area contributed by atoms with E-state index in [1.165, 1.54) is 11.3 Å². The van der Waals surface area contributed by atoms with Crippen LogP contribution in [0.2, 0.25) is 0 Å². The van der Waals surface area contributed by atoms with Crippen molar-refractivity contribution in [3.8, 4) is 5.75 Å². The maximum atomic E-state index is 12.8. The molecular formula is C26H28N2O5S. The molecule has 2 amide bonds. The van der Waals surface area contributed by atoms with Crippen molar-refractivity contribution in [1.82, 2.24) is 0 Å². The normalized spacial score (nSPS) is 11.4. The summed E-state index contributed by atoms with van der Waals surface area (Å²) in [5.74, 6) is -0.636. The molecule has 0 unspecified atom stereocenters. The first-order valence-electron chi connectivity index (χ1n) is 10.9. The van der Waals surface area contributed by atoms with E-state index in [0.717, 1.165) is 16.0 Å². The van der Waals surface area contributed by atoms with Gasteiger partial charge in [-0.3, -0.25) is 9.59 Å². The van der Waals surface area contributed by atoms with Gasteiger partial charge in [-0.1, -0.05) is 17.7 Å². The Morgan fingerprint density at radius 3 is 2.21 bits per heavy atom. The summed E-state index contributed by atoms with van der Waals surface area (Å²) in [6, 6.07) is 14.0. The van der Waals surface area contributed by atoms with Gasteiger partial charge in [0.25, 0.3) is 11.8 Å². The largest absolute Gasteiger partial charge is 0.481 e. The van der Waals surface area contributed by atoms with E-state index < -0.39 is 12.1 Å². The molecule has 8 heteroatoms. The van der Waals surface area contributed by atoms with Crippen molar-refractivity contribution in [2.75, 3.05) is 17.2 Å². The fraction of sp³-hybridized carbons (Fsp3) is 0.269. The lowest BCUT2D eigenvalue weighted by molar-refractivity contribution is -0.122. The molecule has 178 valence electrons. The Bertz CT molecular complexity index is 1180. The summed E-state index contributed by atoms with van der Waals surface area (Å²) in [4.78, 5) is 38.4. The van der Waals surface area contributed by atoms with Crippen LogP contribution in [0, 0.1) is 20.8 Å². The molecule has 3 aromatic rings. The fourth-order valence-corrected chi connectivity index (χ4v) is 4.21. The molecule has 0 spiro atoms. The van der Waals surface area contributed by atoms with Crippen LogP contribution in [0.15, 0.2) is 48.5 Å². The van der Waals surface area contributed by atoms with Gasteiger partial charge in [0.15, 0.2) is 6.10 Å². The maximum Gasteiger partial charge on any atom is 0.341 e. The number of esters is 1. The maximum absolute atomic E-state index is 12.8. The lowest BCUT2D eigenvalue weighted by atomic mass is 10.1. The van der Waals surface area contributed by atoms with Gasteiger partial charge in [0.05, 0.1) is 12.2 Å². The van der Waals surface area contributed by atoms with Gasteiger partial charge in [-0.05, 0) is 76.6 Å². The second-order valence-corrected chi connectivity index (χ2v) is 9.03. The van der Waals surface area contributed by atoms with Crippen molar-refractivity contribution < 1.29 is 23.9 Å². The molecule has 0 aliphatic carbocycles. The van der Waals surface area contributed by atoms with Gasteiger partial charge in [0, 0.05) is 16.1 Å². The summed E-state index contributed by atoms with van der Waals surface area (Å²) in [5, 5.41) is 6.08. The summed E-state index contributed by atoms with van der Waals surface area (Å²) >= 11 is 1.33. The Hall–Kier alpha value is -3.65. The zero-order valence-electron chi connectivity index (χ0n) is 19.9. The molecule has 0 saturated carbocycles. The van der Waals surface area contributed by atoms with Gasteiger partial charge in [-0.2, -0.15) is 0 Å². The highest BCUT2D eigenvalue weighted by Crippen LogP contribution is 2.33. The molecule has 1 heterocycles. The molecule has 34 heavy (non-hydrogen) atoms. The van der Waals surface area contributed by atoms with E-state index in [1.807, 2.05) is 45.0 Å². The molecule has 0 saturated heterocycles. The summed E-state index contributed by atoms with van der Waals surface area (Å²) in [6.45, 7) is 9.34. The Morgan fingerprint density at radius 2 is 1.59 bits per heavy atom. The molecule has 0 radical (unpaired) electrons. The number of ether oxygens (including phenoxy) is 2. The average molecular weight is 481 g/mol. The van der Waals surface area contributed by atoms with E-state index in [2.05, 4.69) is 10.6 Å². The number of anilines is 2. The Kier molecular flexibility index (Phi) is 8.07. The van der Waals surface area contributed by atoms with Gasteiger partial charge in [0.2, 0.25) is 0 Å². The minimum Gasteiger partial charge on any atom is -0.481 e. The molecule has 1 aromatic heterocycles. The van der Waals surface area contributed by atoms with Crippen molar-refractivity contribution in [2.45, 2.75) is 40.7 Å². The highest BCUT2D eigenvalue weighted by Gasteiger charge is 2.22. The van der Waals surface area contributed by atoms with E-state index in [4.69, 9.17) is 9.47 Å². The third-order valence-corrected chi connectivity index (χ3v) is 6.33. The number of rotatable bonds is 8. The van der Waals surface area contributed by atoms with Crippen LogP contribution in [0.4, 0.5) is 10.7 Å². The Balaban J connectivity index is 1.63. The van der Waals surface area contributed by atoms with Gasteiger partial charge in [-0.25, -0.2) is 4.79 Å². The second kappa shape index (κ2) is 11.0. The van der Waals surface area contributed by atoms with E-state index >= 15 is 0 Å². The van der Waals surface area contributed by atoms with Crippen LogP contribution in [0.1, 0.15) is 50.6 Å². The Labute approximate surface area is 203 Å². The quantitative estimate of drug-likeness (QED) is 0.415. The molecule has 0 aliphatic rings. The van der Waals surface area contributed by atoms with Gasteiger partial charge in [-0.15, -0.1) is 11.3 Å². The molecule has 1 atom stereocenters. The van der Waals surface area contributed by atoms with E-state index in [9.17, 15) is 14.4 Å². The van der Waals surface area contributed by atoms with Crippen LogP contribution >= 0.6 is 11.3 Å². The number of hydrogen-bond donors (Lipinski definition) is 2. The molecular weight excluding hydrogens is 452 g/mol. The van der Waals surface area contributed by atoms with Crippen molar-refractivity contribution in [3.63, 3.8) is 0 Å². The number of aryl methyl sites for hydroxylation is 2. The molecule has 2 aromatic carbocycles. The standard InChI is InChI=1S/C26H28N2O5S/c1-6-32-26(31)22-16(3)18(5)34-25(22)28-24(30)19-9-13-21(14-10-19)33-17(4)23(29)27-20-11-7-15(2)8-12-20/h7-14,17H,6H2,1-5H3,(H,27,29)(H,28,30)/t17-/m0/s1. The molecule has 0 aliphatic heterocycles. The minimum absolute atomic E-state index is 0.253. The zero-order valence-corrected chi connectivity index (χ0v) is 20.7. The number of carbonyl (C=O) groups is 3. The van der Waals surface area contributed by atoms with Crippen LogP contribution in [-0.4, -0.2) is 30.5 Å². The fourth-order valence-electron chi connectivity index (χ4n) is 3.16. The number of benzene rings is 2. The zero-order chi connectivity index (χ0) is 24.8. The lowest BCUT2D eigenvalue weighted by Crippen LogP contribution is -2.30. The predicted molar refractivity (Wildman–Crippen MR) is 134 cm³/mol. The van der Waals surface area contributed by atoms with Crippen LogP contribution in [0.5, 0.6) is 5.75 Å². The number of nitrogens with one attached hydrogen (secondary N) is 2. The molecule has 3 rings (SSSR count). The van der Waals surface area contributed by atoms with E-state index in [1.54, 1.807) is 38.1 Å². The SMILES string of the molecule is CCOC(=O)c1c(NC(=O)c2ccc(O[C@@H](C)C(=O)Nc3ccc(C)cc3)cc2)sc(C)c1C. The monoisotopic (exact) mass is 480 g/mol. The first-order valence-corrected chi connectivity index (χ1v) is 11.7. The van der Waals surface area contributed by atoms with Crippen molar-refractivity contribution in [2.24, 2.45) is 0 Å². The van der Waals surface area contributed by atoms with Crippen LogP contribution < -0.4 is 15.4 Å². The van der Waals surface area contributed by atoms with Crippen molar-refractivity contribution in [3.05, 3.63) is 75.7 Å². The van der Waals surface area contributed by atoms with Gasteiger partial charge < -0.3 is 20.1 Å². The molecule has 7 nitrogen and oxygen atoms in total. The highest BCUT2D eigenvalue weighted by molar-refractivity contribution is 7.16. The Morgan fingerprint density at radius 1 is 0.941 bits per heavy atom. The van der Waals surface area contributed by atoms with Crippen molar-refractivity contribution in [1.29, 1.82) is 0 Å². The van der Waals surface area contributed by atoms with Crippen LogP contribution in [0.3, 0.4) is 0 Å². The number of hydrogen-bond acceptors (Lipinski definition) is 6. The lowest BCUT2D eigenvalue weighted by Gasteiger charge is -2.15. The highest BCUT2D eigenvalue weighted by atomic mass is 32.1. The number of amides is 2. The summed E-state index contributed by atoms with van der Waals surface area (Å²) in [7, 11) is 0. The van der Waals surface area contributed by atoms with Gasteiger partial charge in [0.1, 0.15) is 10.8 Å². The molecule has 2 N–H and O–H groups in total. The first kappa shape index (κ1) is 25.0. The predicted octanol–water partition coefficient (Wildman–Crippen LogP) is 5.51. The summed E-state index contributed by atoms with van der Waals surface area (Å²) in [5.41, 5.74) is 3.36. The average Bonchev–Trinajstić information content (AvgIpc) is 3.08. The number of thiophene rings is 1. The summed E-state index contributed by atoms with van der Waals surface area (Å²) in [6.07, 6.45) is -0.731. The van der Waals surface area contributed by atoms with E-state index in [-0.39, 0.29) is 18.4 Å². The molecule has 0 bridgehead atoms. The third-order valence-electron chi connectivity index (χ3n) is 5.21. The smallest absolute Gasteiger partial charge is 0.341 e. The second-order valence-electron chi connectivity index (χ2n) is 7.80. The molecule has 0 fully saturated rings. The summed E-state index contributed by atoms with van der Waals surface area (Å²) < 4.78 is 10.9. The van der Waals surface area contributed by atoms with Crippen molar-refractivity contribution >= 4 is 39.8 Å². The van der Waals surface area contributed by atoms with Crippen LogP contribution in [-0.2, 0) is 9.53 Å². The van der Waals surface area contributed by atoms with E-state index in [0.29, 0.717) is 27.6 Å². The first-order chi connectivity index (χ1) is 16.2. The topological polar surface area (TPSA) is 93.7 Å². The van der Waals surface area contributed by atoms with Crippen LogP contribution in [0.25, 0.3) is 0 Å². The third kappa shape index (κ3) is 6.02. The number of carbonyl (C=O) groups excluding carboxylic acids is 3. The van der Waals surface area contributed by atoms with Gasteiger partial charge >= 0.3 is 5.97 Å².